The number of aryl methyl sites for hydroxylation is 1. The molecule has 16 heavy (non-hydrogen) atoms. The van der Waals surface area contributed by atoms with Gasteiger partial charge in [0.1, 0.15) is 0 Å². The highest BCUT2D eigenvalue weighted by atomic mass is 15.3. The Balaban J connectivity index is 1.96. The van der Waals surface area contributed by atoms with Crippen molar-refractivity contribution in [2.24, 2.45) is 0 Å². The van der Waals surface area contributed by atoms with E-state index >= 15 is 0 Å². The Bertz CT molecular complexity index is 325. The molecule has 0 aliphatic carbocycles. The molecule has 0 aromatic carbocycles. The van der Waals surface area contributed by atoms with E-state index < -0.39 is 0 Å². The molecule has 0 saturated carbocycles. The van der Waals surface area contributed by atoms with Gasteiger partial charge < -0.3 is 9.80 Å². The quantitative estimate of drug-likeness (QED) is 0.752. The molecule has 0 radical (unpaired) electrons. The topological polar surface area (TPSA) is 32.3 Å². The maximum absolute atomic E-state index is 4.37. The van der Waals surface area contributed by atoms with Crippen LogP contribution in [0.4, 0.5) is 5.95 Å². The van der Waals surface area contributed by atoms with Crippen molar-refractivity contribution in [3.8, 4) is 0 Å². The van der Waals surface area contributed by atoms with E-state index in [0.717, 1.165) is 24.6 Å². The number of rotatable bonds is 2. The third-order valence-corrected chi connectivity index (χ3v) is 3.24. The summed E-state index contributed by atoms with van der Waals surface area (Å²) in [6.45, 7) is 4.14. The van der Waals surface area contributed by atoms with Crippen LogP contribution in [0.2, 0.25) is 0 Å². The van der Waals surface area contributed by atoms with Gasteiger partial charge in [-0.1, -0.05) is 0 Å². The summed E-state index contributed by atoms with van der Waals surface area (Å²) < 4.78 is 0. The fourth-order valence-electron chi connectivity index (χ4n) is 2.13. The van der Waals surface area contributed by atoms with Gasteiger partial charge in [-0.25, -0.2) is 9.97 Å². The van der Waals surface area contributed by atoms with Crippen molar-refractivity contribution in [2.45, 2.75) is 25.8 Å². The predicted molar refractivity (Wildman–Crippen MR) is 65.7 cm³/mol. The number of nitrogens with zero attached hydrogens (tertiary/aromatic N) is 4. The zero-order valence-corrected chi connectivity index (χ0v) is 10.3. The van der Waals surface area contributed by atoms with E-state index in [1.165, 1.54) is 12.8 Å². The highest BCUT2D eigenvalue weighted by Crippen LogP contribution is 2.17. The average molecular weight is 220 g/mol. The summed E-state index contributed by atoms with van der Waals surface area (Å²) in [5, 5.41) is 0. The van der Waals surface area contributed by atoms with Crippen molar-refractivity contribution in [3.05, 3.63) is 18.0 Å². The molecule has 1 fully saturated rings. The summed E-state index contributed by atoms with van der Waals surface area (Å²) in [6.07, 6.45) is 6.18. The van der Waals surface area contributed by atoms with Crippen molar-refractivity contribution in [1.29, 1.82) is 0 Å². The van der Waals surface area contributed by atoms with Gasteiger partial charge in [0.15, 0.2) is 0 Å². The summed E-state index contributed by atoms with van der Waals surface area (Å²) in [7, 11) is 4.31. The minimum Gasteiger partial charge on any atom is -0.341 e. The largest absolute Gasteiger partial charge is 0.341 e. The van der Waals surface area contributed by atoms with Crippen LogP contribution in [-0.2, 0) is 0 Å². The standard InChI is InChI=1S/C12H20N4/c1-10-8-13-12(14-9-10)16-6-4-11(5-7-16)15(2)3/h8-9,11H,4-7H2,1-3H3. The Morgan fingerprint density at radius 2 is 1.75 bits per heavy atom. The first-order chi connectivity index (χ1) is 7.66. The van der Waals surface area contributed by atoms with Gasteiger partial charge in [0.25, 0.3) is 0 Å². The van der Waals surface area contributed by atoms with Crippen LogP contribution in [0.25, 0.3) is 0 Å². The molecule has 2 rings (SSSR count). The monoisotopic (exact) mass is 220 g/mol. The minimum atomic E-state index is 0.710. The molecule has 4 heteroatoms. The van der Waals surface area contributed by atoms with Crippen molar-refractivity contribution in [2.75, 3.05) is 32.1 Å². The lowest BCUT2D eigenvalue weighted by Crippen LogP contribution is -2.42. The number of aromatic nitrogens is 2. The molecule has 4 nitrogen and oxygen atoms in total. The molecule has 1 aliphatic rings. The second-order valence-corrected chi connectivity index (χ2v) is 4.74. The van der Waals surface area contributed by atoms with Crippen LogP contribution in [0, 0.1) is 6.92 Å². The summed E-state index contributed by atoms with van der Waals surface area (Å²) in [5.74, 6) is 0.878. The Morgan fingerprint density at radius 3 is 2.25 bits per heavy atom. The lowest BCUT2D eigenvalue weighted by molar-refractivity contribution is 0.249. The maximum Gasteiger partial charge on any atom is 0.225 e. The molecule has 0 spiro atoms. The fraction of sp³-hybridized carbons (Fsp3) is 0.667. The summed E-state index contributed by atoms with van der Waals surface area (Å²) in [5.41, 5.74) is 1.12. The summed E-state index contributed by atoms with van der Waals surface area (Å²) in [6, 6.07) is 0.710. The van der Waals surface area contributed by atoms with E-state index in [4.69, 9.17) is 0 Å². The van der Waals surface area contributed by atoms with E-state index in [1.54, 1.807) is 0 Å². The Labute approximate surface area is 97.3 Å². The summed E-state index contributed by atoms with van der Waals surface area (Å²) in [4.78, 5) is 13.3. The normalized spacial score (nSPS) is 18.1. The minimum absolute atomic E-state index is 0.710. The molecule has 1 aliphatic heterocycles. The van der Waals surface area contributed by atoms with Crippen LogP contribution >= 0.6 is 0 Å². The van der Waals surface area contributed by atoms with Crippen molar-refractivity contribution in [1.82, 2.24) is 14.9 Å². The highest BCUT2D eigenvalue weighted by molar-refractivity contribution is 5.30. The molecular weight excluding hydrogens is 200 g/mol. The number of hydrogen-bond donors (Lipinski definition) is 0. The fourth-order valence-corrected chi connectivity index (χ4v) is 2.13. The first kappa shape index (κ1) is 11.3. The average Bonchev–Trinajstić information content (AvgIpc) is 2.30. The molecule has 1 saturated heterocycles. The van der Waals surface area contributed by atoms with Crippen LogP contribution in [0.5, 0.6) is 0 Å². The molecule has 88 valence electrons. The Morgan fingerprint density at radius 1 is 1.19 bits per heavy atom. The molecule has 0 amide bonds. The van der Waals surface area contributed by atoms with Crippen LogP contribution < -0.4 is 4.90 Å². The van der Waals surface area contributed by atoms with Gasteiger partial charge in [0, 0.05) is 31.5 Å². The zero-order valence-electron chi connectivity index (χ0n) is 10.3. The number of hydrogen-bond acceptors (Lipinski definition) is 4. The molecule has 2 heterocycles. The highest BCUT2D eigenvalue weighted by Gasteiger charge is 2.21. The van der Waals surface area contributed by atoms with Crippen LogP contribution in [0.1, 0.15) is 18.4 Å². The van der Waals surface area contributed by atoms with Crippen molar-refractivity contribution >= 4 is 5.95 Å². The molecule has 1 aromatic rings. The number of anilines is 1. The van der Waals surface area contributed by atoms with E-state index in [2.05, 4.69) is 33.9 Å². The summed E-state index contributed by atoms with van der Waals surface area (Å²) >= 11 is 0. The van der Waals surface area contributed by atoms with Gasteiger partial charge in [0.2, 0.25) is 5.95 Å². The van der Waals surface area contributed by atoms with Gasteiger partial charge >= 0.3 is 0 Å². The molecule has 0 bridgehead atoms. The second kappa shape index (κ2) is 4.78. The smallest absolute Gasteiger partial charge is 0.225 e. The van der Waals surface area contributed by atoms with E-state index in [0.29, 0.717) is 6.04 Å². The zero-order chi connectivity index (χ0) is 11.5. The predicted octanol–water partition coefficient (Wildman–Crippen LogP) is 1.32. The van der Waals surface area contributed by atoms with Crippen LogP contribution in [-0.4, -0.2) is 48.1 Å². The molecule has 0 N–H and O–H groups in total. The Hall–Kier alpha value is -1.16. The molecule has 0 atom stereocenters. The van der Waals surface area contributed by atoms with Crippen LogP contribution in [0.3, 0.4) is 0 Å². The Kier molecular flexibility index (Phi) is 3.39. The van der Waals surface area contributed by atoms with Crippen molar-refractivity contribution < 1.29 is 0 Å². The third kappa shape index (κ3) is 2.50. The molecule has 1 aromatic heterocycles. The van der Waals surface area contributed by atoms with E-state index in [-0.39, 0.29) is 0 Å². The second-order valence-electron chi connectivity index (χ2n) is 4.74. The van der Waals surface area contributed by atoms with Gasteiger partial charge in [0.05, 0.1) is 0 Å². The van der Waals surface area contributed by atoms with Gasteiger partial charge in [-0.15, -0.1) is 0 Å². The van der Waals surface area contributed by atoms with Gasteiger partial charge in [-0.3, -0.25) is 0 Å². The van der Waals surface area contributed by atoms with Gasteiger partial charge in [-0.05, 0) is 39.4 Å². The maximum atomic E-state index is 4.37. The number of piperidine rings is 1. The lowest BCUT2D eigenvalue weighted by atomic mass is 10.0. The molecular formula is C12H20N4. The van der Waals surface area contributed by atoms with E-state index in [1.807, 2.05) is 19.3 Å². The van der Waals surface area contributed by atoms with Crippen molar-refractivity contribution in [3.63, 3.8) is 0 Å². The van der Waals surface area contributed by atoms with Crippen LogP contribution in [0.15, 0.2) is 12.4 Å². The van der Waals surface area contributed by atoms with Gasteiger partial charge in [-0.2, -0.15) is 0 Å². The SMILES string of the molecule is Cc1cnc(N2CCC(N(C)C)CC2)nc1. The first-order valence-corrected chi connectivity index (χ1v) is 5.87. The first-order valence-electron chi connectivity index (χ1n) is 5.87. The molecule has 0 unspecified atom stereocenters. The van der Waals surface area contributed by atoms with E-state index in [9.17, 15) is 0 Å². The third-order valence-electron chi connectivity index (χ3n) is 3.24. The lowest BCUT2D eigenvalue weighted by Gasteiger charge is -2.35.